The highest BCUT2D eigenvalue weighted by Gasteiger charge is 2.31. The van der Waals surface area contributed by atoms with E-state index < -0.39 is 12.2 Å². The van der Waals surface area contributed by atoms with Gasteiger partial charge in [0.1, 0.15) is 5.71 Å². The van der Waals surface area contributed by atoms with Crippen LogP contribution in [0.5, 0.6) is 0 Å². The van der Waals surface area contributed by atoms with Crippen LogP contribution in [0.25, 0.3) is 0 Å². The van der Waals surface area contributed by atoms with Crippen LogP contribution in [-0.4, -0.2) is 51.8 Å². The molecule has 2 aromatic rings. The van der Waals surface area contributed by atoms with Crippen LogP contribution in [0.3, 0.4) is 0 Å². The van der Waals surface area contributed by atoms with Crippen LogP contribution in [0.2, 0.25) is 0 Å². The molecule has 1 aromatic heterocycles. The van der Waals surface area contributed by atoms with Crippen molar-refractivity contribution in [2.45, 2.75) is 31.3 Å². The number of likely N-dealkylation sites (tertiary alicyclic amines) is 1. The Kier molecular flexibility index (Phi) is 4.89. The van der Waals surface area contributed by atoms with Gasteiger partial charge >= 0.3 is 6.09 Å². The Balaban J connectivity index is 1.38. The molecule has 1 amide bonds. The van der Waals surface area contributed by atoms with Gasteiger partial charge in [0, 0.05) is 36.4 Å². The highest BCUT2D eigenvalue weighted by molar-refractivity contribution is 7.10. The Morgan fingerprint density at radius 3 is 2.63 bits per heavy atom. The number of nitrogens with zero attached hydrogens (tertiary/aromatic N) is 3. The van der Waals surface area contributed by atoms with Gasteiger partial charge in [-0.05, 0) is 12.8 Å². The fraction of sp³-hybridized carbons (Fsp3) is 0.368. The third-order valence-corrected chi connectivity index (χ3v) is 5.96. The molecule has 8 heteroatoms. The summed E-state index contributed by atoms with van der Waals surface area (Å²) in [6.45, 7) is 1.07. The molecule has 7 nitrogen and oxygen atoms in total. The van der Waals surface area contributed by atoms with Gasteiger partial charge in [0.25, 0.3) is 0 Å². The normalized spacial score (nSPS) is 20.2. The van der Waals surface area contributed by atoms with E-state index in [2.05, 4.69) is 10.1 Å². The first-order valence-corrected chi connectivity index (χ1v) is 9.75. The van der Waals surface area contributed by atoms with E-state index in [9.17, 15) is 9.59 Å². The van der Waals surface area contributed by atoms with Crippen molar-refractivity contribution in [3.05, 3.63) is 52.0 Å². The predicted octanol–water partition coefficient (Wildman–Crippen LogP) is 3.38. The van der Waals surface area contributed by atoms with Crippen molar-refractivity contribution in [1.29, 1.82) is 0 Å². The molecule has 1 saturated heterocycles. The molecule has 1 fully saturated rings. The molecule has 1 unspecified atom stereocenters. The third-order valence-electron chi connectivity index (χ3n) is 4.95. The number of rotatable bonds is 4. The van der Waals surface area contributed by atoms with Crippen LogP contribution < -0.4 is 0 Å². The highest BCUT2D eigenvalue weighted by atomic mass is 32.1. The lowest BCUT2D eigenvalue weighted by Gasteiger charge is -2.28. The monoisotopic (exact) mass is 385 g/mol. The molecule has 1 N–H and O–H groups in total. The molecule has 1 aromatic carbocycles. The van der Waals surface area contributed by atoms with Crippen LogP contribution in [0.1, 0.15) is 46.2 Å². The SMILES string of the molecule is O=C(c1ccccc1)C1CC(c2csc(C3CCN(C(=O)O)CC3)n2)=NO1. The fourth-order valence-corrected chi connectivity index (χ4v) is 4.38. The van der Waals surface area contributed by atoms with Crippen molar-refractivity contribution in [1.82, 2.24) is 9.88 Å². The Bertz CT molecular complexity index is 872. The summed E-state index contributed by atoms with van der Waals surface area (Å²) in [6, 6.07) is 9.06. The number of carbonyl (C=O) groups excluding carboxylic acids is 1. The summed E-state index contributed by atoms with van der Waals surface area (Å²) in [5, 5.41) is 16.1. The summed E-state index contributed by atoms with van der Waals surface area (Å²) < 4.78 is 0. The molecule has 27 heavy (non-hydrogen) atoms. The van der Waals surface area contributed by atoms with Gasteiger partial charge in [-0.1, -0.05) is 35.5 Å². The second-order valence-electron chi connectivity index (χ2n) is 6.68. The Hall–Kier alpha value is -2.74. The zero-order valence-electron chi connectivity index (χ0n) is 14.6. The van der Waals surface area contributed by atoms with E-state index in [1.165, 1.54) is 4.90 Å². The average molecular weight is 385 g/mol. The maximum atomic E-state index is 12.5. The molecule has 0 spiro atoms. The Morgan fingerprint density at radius 1 is 1.19 bits per heavy atom. The zero-order chi connectivity index (χ0) is 18.8. The van der Waals surface area contributed by atoms with E-state index in [-0.39, 0.29) is 11.7 Å². The predicted molar refractivity (Wildman–Crippen MR) is 100 cm³/mol. The van der Waals surface area contributed by atoms with Crippen molar-refractivity contribution < 1.29 is 19.5 Å². The summed E-state index contributed by atoms with van der Waals surface area (Å²) in [7, 11) is 0. The molecular weight excluding hydrogens is 366 g/mol. The van der Waals surface area contributed by atoms with Crippen molar-refractivity contribution in [3.63, 3.8) is 0 Å². The van der Waals surface area contributed by atoms with Gasteiger partial charge in [-0.2, -0.15) is 0 Å². The minimum absolute atomic E-state index is 0.0779. The number of ketones is 1. The standard InChI is InChI=1S/C19H19N3O4S/c23-17(12-4-2-1-3-5-12)16-10-14(21-26-16)15-11-27-18(20-15)13-6-8-22(9-7-13)19(24)25/h1-5,11,13,16H,6-10H2,(H,24,25). The largest absolute Gasteiger partial charge is 0.465 e. The van der Waals surface area contributed by atoms with E-state index in [4.69, 9.17) is 9.94 Å². The summed E-state index contributed by atoms with van der Waals surface area (Å²) in [5.41, 5.74) is 2.05. The molecule has 2 aliphatic rings. The van der Waals surface area contributed by atoms with Gasteiger partial charge in [-0.25, -0.2) is 9.78 Å². The number of carbonyl (C=O) groups is 2. The number of thiazole rings is 1. The fourth-order valence-electron chi connectivity index (χ4n) is 3.38. The van der Waals surface area contributed by atoms with Crippen LogP contribution in [0.4, 0.5) is 4.79 Å². The van der Waals surface area contributed by atoms with E-state index >= 15 is 0 Å². The highest BCUT2D eigenvalue weighted by Crippen LogP contribution is 2.31. The maximum absolute atomic E-state index is 12.5. The topological polar surface area (TPSA) is 92.1 Å². The Morgan fingerprint density at radius 2 is 1.93 bits per heavy atom. The van der Waals surface area contributed by atoms with Crippen LogP contribution in [0.15, 0.2) is 40.9 Å². The summed E-state index contributed by atoms with van der Waals surface area (Å²) >= 11 is 1.56. The van der Waals surface area contributed by atoms with Gasteiger partial charge in [-0.15, -0.1) is 11.3 Å². The lowest BCUT2D eigenvalue weighted by atomic mass is 9.98. The third kappa shape index (κ3) is 3.71. The summed E-state index contributed by atoms with van der Waals surface area (Å²) in [5.74, 6) is 0.190. The number of oxime groups is 1. The lowest BCUT2D eigenvalue weighted by molar-refractivity contribution is 0.0556. The molecule has 140 valence electrons. The summed E-state index contributed by atoms with van der Waals surface area (Å²) in [6.07, 6.45) is 0.495. The summed E-state index contributed by atoms with van der Waals surface area (Å²) in [4.78, 5) is 35.0. The Labute approximate surface area is 160 Å². The van der Waals surface area contributed by atoms with Gasteiger partial charge in [0.15, 0.2) is 6.10 Å². The number of aromatic nitrogens is 1. The second-order valence-corrected chi connectivity index (χ2v) is 7.57. The molecule has 0 bridgehead atoms. The van der Waals surface area contributed by atoms with Crippen LogP contribution in [-0.2, 0) is 4.84 Å². The quantitative estimate of drug-likeness (QED) is 0.815. The number of hydrogen-bond donors (Lipinski definition) is 1. The number of Topliss-reactive ketones (excluding diaryl/α,β-unsaturated/α-hetero) is 1. The minimum atomic E-state index is -0.861. The first-order chi connectivity index (χ1) is 13.1. The number of benzene rings is 1. The number of carboxylic acid groups (broad SMARTS) is 1. The zero-order valence-corrected chi connectivity index (χ0v) is 15.4. The first kappa shape index (κ1) is 17.7. The number of amides is 1. The van der Waals surface area contributed by atoms with E-state index in [1.807, 2.05) is 23.6 Å². The smallest absolute Gasteiger partial charge is 0.407 e. The molecule has 4 rings (SSSR count). The molecular formula is C19H19N3O4S. The molecule has 0 saturated carbocycles. The van der Waals surface area contributed by atoms with Gasteiger partial charge < -0.3 is 14.8 Å². The van der Waals surface area contributed by atoms with E-state index in [0.29, 0.717) is 30.8 Å². The second kappa shape index (κ2) is 7.48. The van der Waals surface area contributed by atoms with Gasteiger partial charge in [-0.3, -0.25) is 4.79 Å². The van der Waals surface area contributed by atoms with Crippen LogP contribution in [0, 0.1) is 0 Å². The average Bonchev–Trinajstić information content (AvgIpc) is 3.38. The lowest BCUT2D eigenvalue weighted by Crippen LogP contribution is -2.36. The number of piperidine rings is 1. The molecule has 0 radical (unpaired) electrons. The molecule has 0 aliphatic carbocycles. The first-order valence-electron chi connectivity index (χ1n) is 8.87. The van der Waals surface area contributed by atoms with Crippen molar-refractivity contribution in [2.24, 2.45) is 5.16 Å². The van der Waals surface area contributed by atoms with E-state index in [1.54, 1.807) is 23.5 Å². The molecule has 1 atom stereocenters. The minimum Gasteiger partial charge on any atom is -0.465 e. The van der Waals surface area contributed by atoms with Crippen molar-refractivity contribution in [2.75, 3.05) is 13.1 Å². The van der Waals surface area contributed by atoms with Crippen LogP contribution >= 0.6 is 11.3 Å². The number of hydrogen-bond acceptors (Lipinski definition) is 6. The van der Waals surface area contributed by atoms with Gasteiger partial charge in [0.2, 0.25) is 5.78 Å². The van der Waals surface area contributed by atoms with Crippen molar-refractivity contribution >= 4 is 28.9 Å². The molecule has 3 heterocycles. The maximum Gasteiger partial charge on any atom is 0.407 e. The molecule has 2 aliphatic heterocycles. The van der Waals surface area contributed by atoms with E-state index in [0.717, 1.165) is 23.5 Å². The van der Waals surface area contributed by atoms with Crippen molar-refractivity contribution in [3.8, 4) is 0 Å². The van der Waals surface area contributed by atoms with Gasteiger partial charge in [0.05, 0.1) is 10.7 Å².